The average molecular weight is 191 g/mol. The number of nitroso groups, excluding NO2 is 1. The molecule has 2 heterocycles. The number of aromatic nitrogens is 3. The van der Waals surface area contributed by atoms with Crippen LogP contribution in [0.3, 0.4) is 0 Å². The van der Waals surface area contributed by atoms with Crippen molar-refractivity contribution in [1.29, 1.82) is 0 Å². The van der Waals surface area contributed by atoms with Crippen LogP contribution in [0.5, 0.6) is 5.88 Å². The van der Waals surface area contributed by atoms with Crippen LogP contribution in [0.4, 0.5) is 5.95 Å². The molecule has 2 N–H and O–H groups in total. The van der Waals surface area contributed by atoms with Crippen molar-refractivity contribution < 1.29 is 4.84 Å². The van der Waals surface area contributed by atoms with Gasteiger partial charge in [0.2, 0.25) is 0 Å². The summed E-state index contributed by atoms with van der Waals surface area (Å²) in [4.78, 5) is 26.0. The predicted molar refractivity (Wildman–Crippen MR) is 47.6 cm³/mol. The van der Waals surface area contributed by atoms with E-state index >= 15 is 0 Å². The number of nitrogens with zero attached hydrogens (tertiary/aromatic N) is 4. The third kappa shape index (κ3) is 1.25. The number of pyridine rings is 1. The molecule has 70 valence electrons. The van der Waals surface area contributed by atoms with Crippen molar-refractivity contribution >= 4 is 17.0 Å². The summed E-state index contributed by atoms with van der Waals surface area (Å²) in [6.07, 6.45) is 1.53. The Hall–Kier alpha value is -2.15. The van der Waals surface area contributed by atoms with Gasteiger partial charge in [-0.25, -0.2) is 4.98 Å². The highest BCUT2D eigenvalue weighted by molar-refractivity contribution is 5.80. The minimum atomic E-state index is -0.253. The van der Waals surface area contributed by atoms with E-state index < -0.39 is 0 Å². The van der Waals surface area contributed by atoms with Crippen LogP contribution >= 0.6 is 0 Å². The molecule has 2 aromatic rings. The number of fused-ring (bicyclic) bond motifs is 1. The lowest BCUT2D eigenvalue weighted by atomic mass is 10.3. The van der Waals surface area contributed by atoms with Gasteiger partial charge in [-0.2, -0.15) is 15.9 Å². The molecule has 0 fully saturated rings. The van der Waals surface area contributed by atoms with Crippen LogP contribution in [0, 0.1) is 4.91 Å². The maximum Gasteiger partial charge on any atom is 0.296 e. The van der Waals surface area contributed by atoms with E-state index in [-0.39, 0.29) is 11.8 Å². The molecule has 7 heteroatoms. The summed E-state index contributed by atoms with van der Waals surface area (Å²) in [6, 6.07) is 3.36. The molecule has 2 rings (SSSR count). The fourth-order valence-corrected chi connectivity index (χ4v) is 1.05. The van der Waals surface area contributed by atoms with Gasteiger partial charge in [-0.1, -0.05) is 0 Å². The van der Waals surface area contributed by atoms with E-state index in [1.807, 2.05) is 0 Å². The summed E-state index contributed by atoms with van der Waals surface area (Å²) in [5, 5.41) is 3.11. The van der Waals surface area contributed by atoms with Gasteiger partial charge in [-0.05, 0) is 12.1 Å². The van der Waals surface area contributed by atoms with Crippen molar-refractivity contribution in [2.75, 3.05) is 0 Å². The van der Waals surface area contributed by atoms with Crippen LogP contribution in [0.2, 0.25) is 0 Å². The van der Waals surface area contributed by atoms with E-state index in [0.717, 1.165) is 0 Å². The number of nitrogens with two attached hydrogens (primary N) is 1. The van der Waals surface area contributed by atoms with Crippen LogP contribution in [0.1, 0.15) is 0 Å². The molecule has 0 saturated heterocycles. The molecule has 0 aliphatic heterocycles. The highest BCUT2D eigenvalue weighted by atomic mass is 16.6. The van der Waals surface area contributed by atoms with E-state index in [0.29, 0.717) is 11.0 Å². The SMILES string of the molecule is NOc1nc(N=O)nc2ncccc12. The molecule has 14 heavy (non-hydrogen) atoms. The Balaban J connectivity index is 2.79. The predicted octanol–water partition coefficient (Wildman–Crippen LogP) is 0.675. The molecule has 0 unspecified atom stereocenters. The third-order valence-corrected chi connectivity index (χ3v) is 1.62. The molecule has 0 aromatic carbocycles. The van der Waals surface area contributed by atoms with E-state index in [9.17, 15) is 4.91 Å². The second kappa shape index (κ2) is 3.30. The summed E-state index contributed by atoms with van der Waals surface area (Å²) in [7, 11) is 0. The molecule has 0 bridgehead atoms. The van der Waals surface area contributed by atoms with Gasteiger partial charge < -0.3 is 4.84 Å². The molecule has 0 radical (unpaired) electrons. The van der Waals surface area contributed by atoms with Crippen LogP contribution < -0.4 is 10.7 Å². The molecular formula is C7H5N5O2. The Morgan fingerprint density at radius 1 is 1.43 bits per heavy atom. The Labute approximate surface area is 77.9 Å². The van der Waals surface area contributed by atoms with E-state index in [1.165, 1.54) is 6.20 Å². The average Bonchev–Trinajstić information content (AvgIpc) is 2.27. The maximum absolute atomic E-state index is 10.2. The monoisotopic (exact) mass is 191 g/mol. The zero-order valence-electron chi connectivity index (χ0n) is 6.91. The van der Waals surface area contributed by atoms with Crippen molar-refractivity contribution in [3.63, 3.8) is 0 Å². The lowest BCUT2D eigenvalue weighted by molar-refractivity contribution is 0.325. The molecule has 0 aliphatic rings. The number of hydrogen-bond donors (Lipinski definition) is 1. The van der Waals surface area contributed by atoms with Gasteiger partial charge >= 0.3 is 0 Å². The second-order valence-corrected chi connectivity index (χ2v) is 2.41. The summed E-state index contributed by atoms with van der Waals surface area (Å²) in [5.41, 5.74) is 0.317. The van der Waals surface area contributed by atoms with Gasteiger partial charge in [-0.15, -0.1) is 4.91 Å². The van der Waals surface area contributed by atoms with Gasteiger partial charge in [0.1, 0.15) is 0 Å². The van der Waals surface area contributed by atoms with Gasteiger partial charge in [0.15, 0.2) is 5.65 Å². The van der Waals surface area contributed by atoms with E-state index in [4.69, 9.17) is 5.90 Å². The van der Waals surface area contributed by atoms with E-state index in [1.54, 1.807) is 12.1 Å². The third-order valence-electron chi connectivity index (χ3n) is 1.62. The lowest BCUT2D eigenvalue weighted by Crippen LogP contribution is -2.05. The fraction of sp³-hybridized carbons (Fsp3) is 0. The highest BCUT2D eigenvalue weighted by Crippen LogP contribution is 2.21. The standard InChI is InChI=1S/C7H5N5O2/c8-14-6-4-2-1-3-9-5(4)10-7(11-6)12-13/h1-3H,8H2. The largest absolute Gasteiger partial charge is 0.390 e. The topological polar surface area (TPSA) is 103 Å². The van der Waals surface area contributed by atoms with Crippen molar-refractivity contribution in [3.8, 4) is 5.88 Å². The zero-order chi connectivity index (χ0) is 9.97. The Morgan fingerprint density at radius 2 is 2.29 bits per heavy atom. The molecule has 7 nitrogen and oxygen atoms in total. The maximum atomic E-state index is 10.2. The summed E-state index contributed by atoms with van der Waals surface area (Å²) >= 11 is 0. The van der Waals surface area contributed by atoms with Crippen molar-refractivity contribution in [3.05, 3.63) is 23.2 Å². The van der Waals surface area contributed by atoms with Gasteiger partial charge in [-0.3, -0.25) is 0 Å². The summed E-state index contributed by atoms with van der Waals surface area (Å²) in [6.45, 7) is 0. The molecule has 2 aromatic heterocycles. The number of hydrogen-bond acceptors (Lipinski definition) is 7. The number of rotatable bonds is 2. The summed E-state index contributed by atoms with van der Waals surface area (Å²) < 4.78 is 0. The molecule has 0 saturated carbocycles. The molecule has 0 aliphatic carbocycles. The second-order valence-electron chi connectivity index (χ2n) is 2.41. The van der Waals surface area contributed by atoms with E-state index in [2.05, 4.69) is 25.0 Å². The zero-order valence-corrected chi connectivity index (χ0v) is 6.91. The molecular weight excluding hydrogens is 186 g/mol. The molecule has 0 amide bonds. The highest BCUT2D eigenvalue weighted by Gasteiger charge is 2.08. The first-order valence-corrected chi connectivity index (χ1v) is 3.68. The normalized spacial score (nSPS) is 10.1. The minimum Gasteiger partial charge on any atom is -0.390 e. The van der Waals surface area contributed by atoms with Crippen LogP contribution in [0.25, 0.3) is 11.0 Å². The quantitative estimate of drug-likeness (QED) is 0.552. The van der Waals surface area contributed by atoms with Gasteiger partial charge in [0.25, 0.3) is 11.8 Å². The van der Waals surface area contributed by atoms with Crippen molar-refractivity contribution in [2.24, 2.45) is 11.1 Å². The first kappa shape index (κ1) is 8.45. The molecule has 0 atom stereocenters. The minimum absolute atomic E-state index is 0.0812. The van der Waals surface area contributed by atoms with Crippen LogP contribution in [-0.2, 0) is 0 Å². The van der Waals surface area contributed by atoms with Crippen LogP contribution in [0.15, 0.2) is 23.5 Å². The van der Waals surface area contributed by atoms with Gasteiger partial charge in [0, 0.05) is 11.4 Å². The van der Waals surface area contributed by atoms with Crippen molar-refractivity contribution in [1.82, 2.24) is 15.0 Å². The Morgan fingerprint density at radius 3 is 3.00 bits per heavy atom. The van der Waals surface area contributed by atoms with Crippen molar-refractivity contribution in [2.45, 2.75) is 0 Å². The smallest absolute Gasteiger partial charge is 0.296 e. The first-order valence-electron chi connectivity index (χ1n) is 3.68. The first-order chi connectivity index (χ1) is 6.85. The molecule has 0 spiro atoms. The fourth-order valence-electron chi connectivity index (χ4n) is 1.05. The Bertz CT molecular complexity index is 486. The van der Waals surface area contributed by atoms with Gasteiger partial charge in [0.05, 0.1) is 5.39 Å². The van der Waals surface area contributed by atoms with Crippen LogP contribution in [-0.4, -0.2) is 15.0 Å². The Kier molecular flexibility index (Phi) is 1.99. The lowest BCUT2D eigenvalue weighted by Gasteiger charge is -2.01. The summed E-state index contributed by atoms with van der Waals surface area (Å²) in [5.74, 6) is 4.81.